The number of rotatable bonds is 7. The molecule has 2 aromatic rings. The standard InChI is InChI=1S/C27H34N4O4S/c32-26-13-10-21-19-23(11-12-24(21)28-26)36(34,35)29-25(18-20-6-2-1-3-7-20)27(33)31-16-14-30(15-17-31)22-8-4-5-9-22/h1-3,6-7,11-12,19,22,25,29H,4-5,8-10,13-18H2,(H,28,32)/t25-/m1/s1. The number of carbonyl (C=O) groups is 2. The van der Waals surface area contributed by atoms with Gasteiger partial charge in [0, 0.05) is 44.3 Å². The number of anilines is 1. The number of amides is 2. The van der Waals surface area contributed by atoms with Gasteiger partial charge in [0.2, 0.25) is 21.8 Å². The minimum absolute atomic E-state index is 0.0715. The minimum Gasteiger partial charge on any atom is -0.339 e. The summed E-state index contributed by atoms with van der Waals surface area (Å²) >= 11 is 0. The Bertz CT molecular complexity index is 1200. The van der Waals surface area contributed by atoms with Crippen LogP contribution >= 0.6 is 0 Å². The average molecular weight is 511 g/mol. The van der Waals surface area contributed by atoms with Crippen molar-refractivity contribution in [3.63, 3.8) is 0 Å². The van der Waals surface area contributed by atoms with Crippen molar-refractivity contribution in [2.45, 2.75) is 61.9 Å². The van der Waals surface area contributed by atoms with Crippen LogP contribution in [0.2, 0.25) is 0 Å². The fraction of sp³-hybridized carbons (Fsp3) is 0.481. The van der Waals surface area contributed by atoms with Crippen LogP contribution in [-0.4, -0.2) is 68.3 Å². The van der Waals surface area contributed by atoms with Crippen LogP contribution in [0.3, 0.4) is 0 Å². The van der Waals surface area contributed by atoms with Gasteiger partial charge < -0.3 is 10.2 Å². The van der Waals surface area contributed by atoms with E-state index < -0.39 is 16.1 Å². The molecule has 5 rings (SSSR count). The summed E-state index contributed by atoms with van der Waals surface area (Å²) in [7, 11) is -3.95. The molecule has 0 spiro atoms. The number of sulfonamides is 1. The summed E-state index contributed by atoms with van der Waals surface area (Å²) in [4.78, 5) is 29.7. The van der Waals surface area contributed by atoms with Crippen molar-refractivity contribution in [3.05, 3.63) is 59.7 Å². The van der Waals surface area contributed by atoms with Crippen LogP contribution in [0.25, 0.3) is 0 Å². The number of aryl methyl sites for hydroxylation is 1. The second-order valence-electron chi connectivity index (χ2n) is 10.0. The lowest BCUT2D eigenvalue weighted by atomic mass is 10.0. The molecular formula is C27H34N4O4S. The number of hydrogen-bond acceptors (Lipinski definition) is 5. The fourth-order valence-electron chi connectivity index (χ4n) is 5.61. The van der Waals surface area contributed by atoms with Gasteiger partial charge in [-0.15, -0.1) is 0 Å². The van der Waals surface area contributed by atoms with E-state index in [-0.39, 0.29) is 23.1 Å². The fourth-order valence-corrected chi connectivity index (χ4v) is 6.85. The summed E-state index contributed by atoms with van der Waals surface area (Å²) in [6.07, 6.45) is 6.11. The van der Waals surface area contributed by atoms with E-state index >= 15 is 0 Å². The zero-order valence-electron chi connectivity index (χ0n) is 20.5. The van der Waals surface area contributed by atoms with Gasteiger partial charge in [-0.1, -0.05) is 43.2 Å². The zero-order chi connectivity index (χ0) is 25.1. The molecule has 8 nitrogen and oxygen atoms in total. The van der Waals surface area contributed by atoms with Gasteiger partial charge in [-0.05, 0) is 55.0 Å². The highest BCUT2D eigenvalue weighted by Crippen LogP contribution is 2.27. The SMILES string of the molecule is O=C1CCc2cc(S(=O)(=O)N[C@H](Cc3ccccc3)C(=O)N3CCN(C4CCCC4)CC3)ccc2N1. The van der Waals surface area contributed by atoms with Crippen molar-refractivity contribution in [2.24, 2.45) is 0 Å². The molecule has 0 aromatic heterocycles. The van der Waals surface area contributed by atoms with Gasteiger partial charge in [-0.2, -0.15) is 4.72 Å². The van der Waals surface area contributed by atoms with E-state index in [4.69, 9.17) is 0 Å². The highest BCUT2D eigenvalue weighted by molar-refractivity contribution is 7.89. The van der Waals surface area contributed by atoms with E-state index in [0.717, 1.165) is 24.2 Å². The molecule has 2 heterocycles. The predicted molar refractivity (Wildman–Crippen MR) is 138 cm³/mol. The van der Waals surface area contributed by atoms with Crippen LogP contribution in [-0.2, 0) is 32.5 Å². The van der Waals surface area contributed by atoms with Gasteiger partial charge in [-0.25, -0.2) is 8.42 Å². The molecule has 2 aliphatic heterocycles. The third kappa shape index (κ3) is 5.63. The quantitative estimate of drug-likeness (QED) is 0.597. The molecule has 0 radical (unpaired) electrons. The van der Waals surface area contributed by atoms with Crippen LogP contribution in [0.4, 0.5) is 5.69 Å². The van der Waals surface area contributed by atoms with E-state index in [2.05, 4.69) is 14.9 Å². The Labute approximate surface area is 213 Å². The number of carbonyl (C=O) groups excluding carboxylic acids is 2. The molecular weight excluding hydrogens is 476 g/mol. The Morgan fingerprint density at radius 1 is 1.00 bits per heavy atom. The molecule has 1 saturated carbocycles. The Balaban J connectivity index is 1.33. The van der Waals surface area contributed by atoms with Crippen LogP contribution in [0, 0.1) is 0 Å². The second-order valence-corrected chi connectivity index (χ2v) is 11.7. The highest BCUT2D eigenvalue weighted by Gasteiger charge is 2.33. The first kappa shape index (κ1) is 24.9. The maximum Gasteiger partial charge on any atom is 0.241 e. The molecule has 3 aliphatic rings. The van der Waals surface area contributed by atoms with Crippen molar-refractivity contribution >= 4 is 27.5 Å². The van der Waals surface area contributed by atoms with E-state index in [9.17, 15) is 18.0 Å². The van der Waals surface area contributed by atoms with Crippen molar-refractivity contribution in [2.75, 3.05) is 31.5 Å². The molecule has 2 amide bonds. The average Bonchev–Trinajstić information content (AvgIpc) is 3.43. The Morgan fingerprint density at radius 2 is 1.72 bits per heavy atom. The molecule has 2 fully saturated rings. The van der Waals surface area contributed by atoms with Crippen LogP contribution in [0.1, 0.15) is 43.2 Å². The van der Waals surface area contributed by atoms with Crippen LogP contribution in [0.5, 0.6) is 0 Å². The number of nitrogens with one attached hydrogen (secondary N) is 2. The maximum atomic E-state index is 13.6. The van der Waals surface area contributed by atoms with Gasteiger partial charge in [0.25, 0.3) is 0 Å². The molecule has 36 heavy (non-hydrogen) atoms. The minimum atomic E-state index is -3.95. The van der Waals surface area contributed by atoms with Crippen molar-refractivity contribution < 1.29 is 18.0 Å². The monoisotopic (exact) mass is 510 g/mol. The first-order chi connectivity index (χ1) is 17.4. The number of nitrogens with zero attached hydrogens (tertiary/aromatic N) is 2. The third-order valence-electron chi connectivity index (χ3n) is 7.63. The van der Waals surface area contributed by atoms with Crippen LogP contribution < -0.4 is 10.0 Å². The molecule has 2 N–H and O–H groups in total. The Kier molecular flexibility index (Phi) is 7.41. The molecule has 192 valence electrons. The summed E-state index contributed by atoms with van der Waals surface area (Å²) in [5, 5.41) is 2.78. The topological polar surface area (TPSA) is 98.8 Å². The third-order valence-corrected chi connectivity index (χ3v) is 9.10. The van der Waals surface area contributed by atoms with E-state index in [1.54, 1.807) is 12.1 Å². The van der Waals surface area contributed by atoms with E-state index in [1.165, 1.54) is 31.7 Å². The van der Waals surface area contributed by atoms with E-state index in [1.807, 2.05) is 35.2 Å². The molecule has 1 atom stereocenters. The van der Waals surface area contributed by atoms with E-state index in [0.29, 0.717) is 37.7 Å². The number of fused-ring (bicyclic) bond motifs is 1. The Hall–Kier alpha value is -2.75. The van der Waals surface area contributed by atoms with Gasteiger partial charge in [-0.3, -0.25) is 14.5 Å². The predicted octanol–water partition coefficient (Wildman–Crippen LogP) is 2.55. The lowest BCUT2D eigenvalue weighted by Gasteiger charge is -2.39. The van der Waals surface area contributed by atoms with Crippen molar-refractivity contribution in [3.8, 4) is 0 Å². The Morgan fingerprint density at radius 3 is 2.44 bits per heavy atom. The number of piperazine rings is 1. The molecule has 0 unspecified atom stereocenters. The summed E-state index contributed by atoms with van der Waals surface area (Å²) in [6.45, 7) is 2.89. The smallest absolute Gasteiger partial charge is 0.241 e. The van der Waals surface area contributed by atoms with Crippen LogP contribution in [0.15, 0.2) is 53.4 Å². The van der Waals surface area contributed by atoms with Gasteiger partial charge in [0.15, 0.2) is 0 Å². The maximum absolute atomic E-state index is 13.6. The molecule has 1 saturated heterocycles. The first-order valence-electron chi connectivity index (χ1n) is 12.9. The van der Waals surface area contributed by atoms with Crippen molar-refractivity contribution in [1.29, 1.82) is 0 Å². The van der Waals surface area contributed by atoms with Crippen molar-refractivity contribution in [1.82, 2.24) is 14.5 Å². The zero-order valence-corrected chi connectivity index (χ0v) is 21.3. The first-order valence-corrected chi connectivity index (χ1v) is 14.4. The largest absolute Gasteiger partial charge is 0.339 e. The van der Waals surface area contributed by atoms with Gasteiger partial charge in [0.05, 0.1) is 4.90 Å². The molecule has 0 bridgehead atoms. The summed E-state index contributed by atoms with van der Waals surface area (Å²) in [6, 6.07) is 13.9. The van der Waals surface area contributed by atoms with Gasteiger partial charge in [0.1, 0.15) is 6.04 Å². The summed E-state index contributed by atoms with van der Waals surface area (Å²) in [5.41, 5.74) is 2.32. The molecule has 2 aromatic carbocycles. The second kappa shape index (κ2) is 10.7. The number of benzene rings is 2. The normalized spacial score (nSPS) is 20.1. The highest BCUT2D eigenvalue weighted by atomic mass is 32.2. The summed E-state index contributed by atoms with van der Waals surface area (Å²) in [5.74, 6) is -0.253. The molecule has 1 aliphatic carbocycles. The lowest BCUT2D eigenvalue weighted by molar-refractivity contribution is -0.135. The van der Waals surface area contributed by atoms with Gasteiger partial charge >= 0.3 is 0 Å². The summed E-state index contributed by atoms with van der Waals surface area (Å²) < 4.78 is 29.6. The molecule has 9 heteroatoms. The number of hydrogen-bond donors (Lipinski definition) is 2. The lowest BCUT2D eigenvalue weighted by Crippen LogP contribution is -2.56.